The molecule has 0 aromatic carbocycles. The molecular formula is C8H12N2O2S. The third kappa shape index (κ3) is 3.38. The number of ether oxygens (including phenoxy) is 1. The first-order chi connectivity index (χ1) is 6.21. The lowest BCUT2D eigenvalue weighted by Crippen LogP contribution is -2.16. The molecule has 0 amide bonds. The van der Waals surface area contributed by atoms with Gasteiger partial charge in [0.1, 0.15) is 6.07 Å². The Bertz CT molecular complexity index is 255. The molecule has 0 spiro atoms. The van der Waals surface area contributed by atoms with Gasteiger partial charge in [0.2, 0.25) is 0 Å². The molecule has 0 bridgehead atoms. The summed E-state index contributed by atoms with van der Waals surface area (Å²) in [4.78, 5) is 11.1. The number of rotatable bonds is 4. The van der Waals surface area contributed by atoms with Gasteiger partial charge in [-0.2, -0.15) is 5.26 Å². The van der Waals surface area contributed by atoms with Crippen molar-refractivity contribution in [1.82, 2.24) is 5.32 Å². The number of hydrogen-bond acceptors (Lipinski definition) is 5. The molecule has 0 radical (unpaired) electrons. The van der Waals surface area contributed by atoms with E-state index in [9.17, 15) is 4.79 Å². The summed E-state index contributed by atoms with van der Waals surface area (Å²) < 4.78 is 4.46. The first-order valence-corrected chi connectivity index (χ1v) is 4.94. The lowest BCUT2D eigenvalue weighted by Gasteiger charge is -2.07. The van der Waals surface area contributed by atoms with Crippen molar-refractivity contribution in [2.45, 2.75) is 6.92 Å². The fourth-order valence-electron chi connectivity index (χ4n) is 0.714. The molecule has 0 aliphatic carbocycles. The van der Waals surface area contributed by atoms with Crippen LogP contribution in [0.15, 0.2) is 10.6 Å². The molecule has 0 fully saturated rings. The van der Waals surface area contributed by atoms with E-state index >= 15 is 0 Å². The van der Waals surface area contributed by atoms with Gasteiger partial charge in [0.15, 0.2) is 5.57 Å². The lowest BCUT2D eigenvalue weighted by atomic mass is 10.3. The number of nitrogens with one attached hydrogen (secondary N) is 1. The van der Waals surface area contributed by atoms with Crippen molar-refractivity contribution in [3.8, 4) is 6.07 Å². The average molecular weight is 200 g/mol. The minimum Gasteiger partial charge on any atom is -0.465 e. The van der Waals surface area contributed by atoms with Gasteiger partial charge in [-0.25, -0.2) is 4.79 Å². The molecule has 0 atom stereocenters. The maximum Gasteiger partial charge on any atom is 0.351 e. The minimum absolute atomic E-state index is 0.0249. The summed E-state index contributed by atoms with van der Waals surface area (Å²) in [5.74, 6) is -0.604. The van der Waals surface area contributed by atoms with E-state index < -0.39 is 5.97 Å². The number of nitrogens with zero attached hydrogens (tertiary/aromatic N) is 1. The van der Waals surface area contributed by atoms with E-state index in [4.69, 9.17) is 5.26 Å². The van der Waals surface area contributed by atoms with Gasteiger partial charge in [-0.1, -0.05) is 0 Å². The van der Waals surface area contributed by atoms with Crippen molar-refractivity contribution >= 4 is 17.7 Å². The third-order valence-electron chi connectivity index (χ3n) is 1.27. The Balaban J connectivity index is 4.84. The summed E-state index contributed by atoms with van der Waals surface area (Å²) in [6, 6.07) is 1.81. The van der Waals surface area contributed by atoms with Gasteiger partial charge in [-0.15, -0.1) is 11.8 Å². The van der Waals surface area contributed by atoms with Gasteiger partial charge in [0.05, 0.1) is 12.1 Å². The second-order valence-corrected chi connectivity index (χ2v) is 2.86. The molecular weight excluding hydrogens is 188 g/mol. The summed E-state index contributed by atoms with van der Waals surface area (Å²) in [5, 5.41) is 12.2. The normalized spacial score (nSPS) is 11.2. The van der Waals surface area contributed by atoms with Crippen LogP contribution < -0.4 is 5.32 Å². The van der Waals surface area contributed by atoms with Gasteiger partial charge in [-0.3, -0.25) is 0 Å². The zero-order valence-corrected chi connectivity index (χ0v) is 8.70. The molecule has 0 saturated carbocycles. The quantitative estimate of drug-likeness (QED) is 0.414. The lowest BCUT2D eigenvalue weighted by molar-refractivity contribution is -0.135. The van der Waals surface area contributed by atoms with E-state index in [0.717, 1.165) is 0 Å². The van der Waals surface area contributed by atoms with Crippen LogP contribution in [0, 0.1) is 11.3 Å². The Morgan fingerprint density at radius 1 is 1.69 bits per heavy atom. The maximum absolute atomic E-state index is 11.1. The molecule has 0 aliphatic heterocycles. The van der Waals surface area contributed by atoms with Crippen LogP contribution in [0.1, 0.15) is 6.92 Å². The van der Waals surface area contributed by atoms with Gasteiger partial charge >= 0.3 is 5.97 Å². The molecule has 13 heavy (non-hydrogen) atoms. The number of carbonyl (C=O) groups is 1. The molecule has 0 rings (SSSR count). The second-order valence-electron chi connectivity index (χ2n) is 2.04. The summed E-state index contributed by atoms with van der Waals surface area (Å²) in [6.45, 7) is 2.56. The molecule has 0 saturated heterocycles. The van der Waals surface area contributed by atoms with Crippen LogP contribution in [0.5, 0.6) is 0 Å². The number of hydrogen-bond donors (Lipinski definition) is 1. The molecule has 0 aromatic rings. The number of methoxy groups -OCH3 is 1. The highest BCUT2D eigenvalue weighted by Crippen LogP contribution is 2.13. The van der Waals surface area contributed by atoms with Crippen LogP contribution in [-0.2, 0) is 9.53 Å². The number of carbonyl (C=O) groups excluding carboxylic acids is 1. The van der Waals surface area contributed by atoms with Crippen LogP contribution in [0.3, 0.4) is 0 Å². The van der Waals surface area contributed by atoms with E-state index in [0.29, 0.717) is 11.6 Å². The van der Waals surface area contributed by atoms with E-state index in [-0.39, 0.29) is 5.57 Å². The van der Waals surface area contributed by atoms with Gasteiger partial charge < -0.3 is 10.1 Å². The predicted molar refractivity (Wildman–Crippen MR) is 51.8 cm³/mol. The molecule has 0 unspecified atom stereocenters. The van der Waals surface area contributed by atoms with Crippen LogP contribution in [0.25, 0.3) is 0 Å². The third-order valence-corrected chi connectivity index (χ3v) is 2.03. The molecule has 0 heterocycles. The highest BCUT2D eigenvalue weighted by molar-refractivity contribution is 8.02. The van der Waals surface area contributed by atoms with Crippen molar-refractivity contribution in [2.75, 3.05) is 19.9 Å². The summed E-state index contributed by atoms with van der Waals surface area (Å²) in [5.41, 5.74) is 0.0249. The maximum atomic E-state index is 11.1. The summed E-state index contributed by atoms with van der Waals surface area (Å²) in [6.07, 6.45) is 1.79. The second kappa shape index (κ2) is 6.38. The Morgan fingerprint density at radius 3 is 2.62 bits per heavy atom. The van der Waals surface area contributed by atoms with Crippen molar-refractivity contribution in [2.24, 2.45) is 0 Å². The van der Waals surface area contributed by atoms with Crippen molar-refractivity contribution < 1.29 is 9.53 Å². The minimum atomic E-state index is -0.604. The zero-order valence-electron chi connectivity index (χ0n) is 7.88. The van der Waals surface area contributed by atoms with Gasteiger partial charge in [0, 0.05) is 6.54 Å². The smallest absolute Gasteiger partial charge is 0.351 e. The Labute approximate surface area is 81.9 Å². The molecule has 4 nitrogen and oxygen atoms in total. The summed E-state index contributed by atoms with van der Waals surface area (Å²) >= 11 is 1.32. The Morgan fingerprint density at radius 2 is 2.31 bits per heavy atom. The van der Waals surface area contributed by atoms with E-state index in [2.05, 4.69) is 10.1 Å². The van der Waals surface area contributed by atoms with Crippen molar-refractivity contribution in [3.05, 3.63) is 10.6 Å². The van der Waals surface area contributed by atoms with Crippen molar-refractivity contribution in [3.63, 3.8) is 0 Å². The standard InChI is InChI=1S/C8H12N2O2S/c1-4-10-7(13-3)6(5-9)8(11)12-2/h10H,4H2,1-3H3/b7-6+. The van der Waals surface area contributed by atoms with Crippen LogP contribution in [-0.4, -0.2) is 25.9 Å². The average Bonchev–Trinajstić information content (AvgIpc) is 2.17. The Hall–Kier alpha value is -1.15. The fourth-order valence-corrected chi connectivity index (χ4v) is 1.34. The van der Waals surface area contributed by atoms with E-state index in [1.807, 2.05) is 13.0 Å². The monoisotopic (exact) mass is 200 g/mol. The van der Waals surface area contributed by atoms with Crippen LogP contribution in [0.4, 0.5) is 0 Å². The van der Waals surface area contributed by atoms with Crippen molar-refractivity contribution in [1.29, 1.82) is 5.26 Å². The Kier molecular flexibility index (Phi) is 5.81. The number of thioether (sulfide) groups is 1. The molecule has 0 aliphatic rings. The van der Waals surface area contributed by atoms with E-state index in [1.165, 1.54) is 18.9 Å². The highest BCUT2D eigenvalue weighted by Gasteiger charge is 2.14. The van der Waals surface area contributed by atoms with Gasteiger partial charge in [-0.05, 0) is 13.2 Å². The zero-order chi connectivity index (χ0) is 10.3. The molecule has 0 aromatic heterocycles. The SMILES string of the molecule is CCN/C(SC)=C(/C#N)C(=O)OC. The molecule has 1 N–H and O–H groups in total. The van der Waals surface area contributed by atoms with E-state index in [1.54, 1.807) is 6.26 Å². The summed E-state index contributed by atoms with van der Waals surface area (Å²) in [7, 11) is 1.25. The van der Waals surface area contributed by atoms with Crippen LogP contribution >= 0.6 is 11.8 Å². The highest BCUT2D eigenvalue weighted by atomic mass is 32.2. The first-order valence-electron chi connectivity index (χ1n) is 3.71. The fraction of sp³-hybridized carbons (Fsp3) is 0.500. The number of esters is 1. The molecule has 5 heteroatoms. The number of nitriles is 1. The van der Waals surface area contributed by atoms with Crippen LogP contribution in [0.2, 0.25) is 0 Å². The van der Waals surface area contributed by atoms with Gasteiger partial charge in [0.25, 0.3) is 0 Å². The largest absolute Gasteiger partial charge is 0.465 e. The topological polar surface area (TPSA) is 62.1 Å². The predicted octanol–water partition coefficient (Wildman–Crippen LogP) is 0.867. The first kappa shape index (κ1) is 11.8. The molecule has 72 valence electrons.